The van der Waals surface area contributed by atoms with Crippen LogP contribution in [0.15, 0.2) is 24.3 Å². The molecule has 18 heavy (non-hydrogen) atoms. The summed E-state index contributed by atoms with van der Waals surface area (Å²) in [5, 5.41) is 3.19. The minimum absolute atomic E-state index is 1.07. The van der Waals surface area contributed by atoms with Crippen molar-refractivity contribution in [3.8, 4) is 0 Å². The van der Waals surface area contributed by atoms with Crippen LogP contribution in [-0.2, 0) is 13.0 Å². The first-order valence-electron chi connectivity index (χ1n) is 6.95. The van der Waals surface area contributed by atoms with Crippen molar-refractivity contribution < 1.29 is 0 Å². The van der Waals surface area contributed by atoms with Gasteiger partial charge in [0, 0.05) is 13.0 Å². The lowest BCUT2D eigenvalue weighted by atomic mass is 10.2. The van der Waals surface area contributed by atoms with Gasteiger partial charge in [0.1, 0.15) is 5.82 Å². The molecule has 0 saturated heterocycles. The molecule has 1 aromatic carbocycles. The largest absolute Gasteiger partial charge is 0.328 e. The molecule has 0 amide bonds. The van der Waals surface area contributed by atoms with Crippen molar-refractivity contribution in [3.63, 3.8) is 0 Å². The lowest BCUT2D eigenvalue weighted by molar-refractivity contribution is 0.613. The van der Waals surface area contributed by atoms with Gasteiger partial charge in [0.05, 0.1) is 11.0 Å². The van der Waals surface area contributed by atoms with Crippen LogP contribution in [-0.4, -0.2) is 23.1 Å². The van der Waals surface area contributed by atoms with Gasteiger partial charge >= 0.3 is 0 Å². The van der Waals surface area contributed by atoms with Crippen LogP contribution in [0.3, 0.4) is 0 Å². The first-order valence-corrected chi connectivity index (χ1v) is 6.95. The molecule has 0 aliphatic heterocycles. The fraction of sp³-hybridized carbons (Fsp3) is 0.533. The summed E-state index contributed by atoms with van der Waals surface area (Å²) in [6, 6.07) is 8.45. The molecular formula is C15H23N3. The summed E-state index contributed by atoms with van der Waals surface area (Å²) in [4.78, 5) is 4.77. The molecule has 3 heteroatoms. The van der Waals surface area contributed by atoms with Crippen molar-refractivity contribution in [3.05, 3.63) is 30.1 Å². The number of imidazole rings is 1. The van der Waals surface area contributed by atoms with E-state index in [0.717, 1.165) is 31.4 Å². The van der Waals surface area contributed by atoms with E-state index < -0.39 is 0 Å². The number of fused-ring (bicyclic) bond motifs is 1. The van der Waals surface area contributed by atoms with Crippen LogP contribution in [0.1, 0.15) is 32.0 Å². The predicted molar refractivity (Wildman–Crippen MR) is 76.9 cm³/mol. The van der Waals surface area contributed by atoms with E-state index in [0.29, 0.717) is 0 Å². The van der Waals surface area contributed by atoms with Crippen molar-refractivity contribution in [2.75, 3.05) is 13.6 Å². The quantitative estimate of drug-likeness (QED) is 0.760. The van der Waals surface area contributed by atoms with Crippen molar-refractivity contribution in [1.82, 2.24) is 14.9 Å². The standard InChI is InChI=1S/C15H23N3/c1-3-12-18-14-9-5-4-8-13(14)17-15(18)10-6-7-11-16-2/h4-5,8-9,16H,3,6-7,10-12H2,1-2H3. The summed E-state index contributed by atoms with van der Waals surface area (Å²) < 4.78 is 2.38. The van der Waals surface area contributed by atoms with Gasteiger partial charge in [-0.3, -0.25) is 0 Å². The van der Waals surface area contributed by atoms with Crippen LogP contribution >= 0.6 is 0 Å². The Kier molecular flexibility index (Phi) is 4.76. The average Bonchev–Trinajstić information content (AvgIpc) is 2.74. The molecule has 1 aromatic heterocycles. The maximum atomic E-state index is 4.77. The molecule has 0 spiro atoms. The Hall–Kier alpha value is -1.35. The highest BCUT2D eigenvalue weighted by molar-refractivity contribution is 5.75. The van der Waals surface area contributed by atoms with Crippen molar-refractivity contribution in [2.24, 2.45) is 0 Å². The lowest BCUT2D eigenvalue weighted by Crippen LogP contribution is -2.09. The number of nitrogens with zero attached hydrogens (tertiary/aromatic N) is 2. The molecule has 0 aliphatic rings. The number of hydrogen-bond acceptors (Lipinski definition) is 2. The van der Waals surface area contributed by atoms with E-state index in [-0.39, 0.29) is 0 Å². The zero-order valence-corrected chi connectivity index (χ0v) is 11.4. The molecule has 3 nitrogen and oxygen atoms in total. The molecule has 2 rings (SSSR count). The minimum atomic E-state index is 1.07. The normalized spacial score (nSPS) is 11.2. The Balaban J connectivity index is 2.17. The van der Waals surface area contributed by atoms with Crippen LogP contribution in [0.4, 0.5) is 0 Å². The maximum Gasteiger partial charge on any atom is 0.109 e. The molecule has 0 atom stereocenters. The summed E-state index contributed by atoms with van der Waals surface area (Å²) >= 11 is 0. The Morgan fingerprint density at radius 2 is 2.06 bits per heavy atom. The number of hydrogen-bond donors (Lipinski definition) is 1. The van der Waals surface area contributed by atoms with E-state index in [9.17, 15) is 0 Å². The topological polar surface area (TPSA) is 29.9 Å². The van der Waals surface area contributed by atoms with Gasteiger partial charge in [-0.1, -0.05) is 19.1 Å². The van der Waals surface area contributed by atoms with Gasteiger partial charge in [0.25, 0.3) is 0 Å². The van der Waals surface area contributed by atoms with Gasteiger partial charge in [0.2, 0.25) is 0 Å². The number of aryl methyl sites for hydroxylation is 2. The highest BCUT2D eigenvalue weighted by atomic mass is 15.1. The summed E-state index contributed by atoms with van der Waals surface area (Å²) in [7, 11) is 2.01. The first kappa shape index (κ1) is 13.1. The highest BCUT2D eigenvalue weighted by Gasteiger charge is 2.08. The molecule has 98 valence electrons. The molecule has 1 N–H and O–H groups in total. The zero-order chi connectivity index (χ0) is 12.8. The van der Waals surface area contributed by atoms with Gasteiger partial charge < -0.3 is 9.88 Å². The number of para-hydroxylation sites is 2. The van der Waals surface area contributed by atoms with Crippen molar-refractivity contribution >= 4 is 11.0 Å². The molecule has 0 unspecified atom stereocenters. The molecule has 0 fully saturated rings. The second kappa shape index (κ2) is 6.55. The SMILES string of the molecule is CCCn1c(CCCCNC)nc2ccccc21. The van der Waals surface area contributed by atoms with Crippen molar-refractivity contribution in [2.45, 2.75) is 39.2 Å². The first-order chi connectivity index (χ1) is 8.86. The summed E-state index contributed by atoms with van der Waals surface area (Å²) in [6.07, 6.45) is 4.65. The number of benzene rings is 1. The van der Waals surface area contributed by atoms with E-state index in [4.69, 9.17) is 4.98 Å². The summed E-state index contributed by atoms with van der Waals surface area (Å²) in [5.74, 6) is 1.24. The highest BCUT2D eigenvalue weighted by Crippen LogP contribution is 2.17. The third-order valence-corrected chi connectivity index (χ3v) is 3.26. The number of aromatic nitrogens is 2. The number of rotatable bonds is 7. The van der Waals surface area contributed by atoms with Crippen LogP contribution < -0.4 is 5.32 Å². The summed E-state index contributed by atoms with van der Waals surface area (Å²) in [6.45, 7) is 4.38. The fourth-order valence-corrected chi connectivity index (χ4v) is 2.37. The molecule has 1 heterocycles. The van der Waals surface area contributed by atoms with E-state index in [1.807, 2.05) is 7.05 Å². The lowest BCUT2D eigenvalue weighted by Gasteiger charge is -2.07. The third-order valence-electron chi connectivity index (χ3n) is 3.26. The predicted octanol–water partition coefficient (Wildman–Crippen LogP) is 2.99. The van der Waals surface area contributed by atoms with E-state index in [1.165, 1.54) is 24.2 Å². The van der Waals surface area contributed by atoms with Gasteiger partial charge in [-0.05, 0) is 45.0 Å². The molecule has 0 radical (unpaired) electrons. The monoisotopic (exact) mass is 245 g/mol. The van der Waals surface area contributed by atoms with E-state index >= 15 is 0 Å². The second-order valence-electron chi connectivity index (χ2n) is 4.73. The minimum Gasteiger partial charge on any atom is -0.328 e. The van der Waals surface area contributed by atoms with Crippen molar-refractivity contribution in [1.29, 1.82) is 0 Å². The van der Waals surface area contributed by atoms with Gasteiger partial charge in [-0.25, -0.2) is 4.98 Å². The summed E-state index contributed by atoms with van der Waals surface area (Å²) in [5.41, 5.74) is 2.41. The molecule has 0 saturated carbocycles. The van der Waals surface area contributed by atoms with Crippen LogP contribution in [0, 0.1) is 0 Å². The van der Waals surface area contributed by atoms with E-state index in [1.54, 1.807) is 0 Å². The maximum absolute atomic E-state index is 4.77. The van der Waals surface area contributed by atoms with Crippen LogP contribution in [0.25, 0.3) is 11.0 Å². The van der Waals surface area contributed by atoms with Gasteiger partial charge in [-0.15, -0.1) is 0 Å². The Morgan fingerprint density at radius 3 is 2.83 bits per heavy atom. The van der Waals surface area contributed by atoms with Gasteiger partial charge in [-0.2, -0.15) is 0 Å². The Labute approximate surface area is 109 Å². The Morgan fingerprint density at radius 1 is 1.22 bits per heavy atom. The number of unbranched alkanes of at least 4 members (excludes halogenated alkanes) is 1. The fourth-order valence-electron chi connectivity index (χ4n) is 2.37. The third kappa shape index (κ3) is 2.91. The molecule has 0 bridgehead atoms. The molecule has 2 aromatic rings. The Bertz CT molecular complexity index is 487. The molecular weight excluding hydrogens is 222 g/mol. The number of nitrogens with one attached hydrogen (secondary N) is 1. The van der Waals surface area contributed by atoms with Crippen LogP contribution in [0.2, 0.25) is 0 Å². The zero-order valence-electron chi connectivity index (χ0n) is 11.4. The second-order valence-corrected chi connectivity index (χ2v) is 4.73. The van der Waals surface area contributed by atoms with Gasteiger partial charge in [0.15, 0.2) is 0 Å². The average molecular weight is 245 g/mol. The molecule has 0 aliphatic carbocycles. The smallest absolute Gasteiger partial charge is 0.109 e. The van der Waals surface area contributed by atoms with E-state index in [2.05, 4.69) is 41.1 Å². The van der Waals surface area contributed by atoms with Crippen LogP contribution in [0.5, 0.6) is 0 Å².